The Bertz CT molecular complexity index is 584. The molecular weight excluding hydrogens is 264 g/mol. The van der Waals surface area contributed by atoms with Crippen LogP contribution in [0, 0.1) is 20.8 Å². The number of nitrogens with two attached hydrogens (primary N) is 1. The van der Waals surface area contributed by atoms with Gasteiger partial charge >= 0.3 is 5.97 Å². The highest BCUT2D eigenvalue weighted by atomic mass is 16.5. The van der Waals surface area contributed by atoms with Crippen LogP contribution in [0.3, 0.4) is 0 Å². The Morgan fingerprint density at radius 3 is 2.43 bits per heavy atom. The predicted molar refractivity (Wildman–Crippen MR) is 84.8 cm³/mol. The topological polar surface area (TPSA) is 64.3 Å². The van der Waals surface area contributed by atoms with Gasteiger partial charge in [-0.15, -0.1) is 0 Å². The molecule has 21 heavy (non-hydrogen) atoms. The highest BCUT2D eigenvalue weighted by Gasteiger charge is 2.46. The van der Waals surface area contributed by atoms with E-state index in [1.165, 1.54) is 16.7 Å². The lowest BCUT2D eigenvalue weighted by molar-refractivity contribution is -0.150. The van der Waals surface area contributed by atoms with Gasteiger partial charge in [0.25, 0.3) is 0 Å². The van der Waals surface area contributed by atoms with Crippen molar-refractivity contribution in [3.63, 3.8) is 0 Å². The Kier molecular flexibility index (Phi) is 4.10. The molecule has 1 aromatic rings. The zero-order chi connectivity index (χ0) is 15.8. The highest BCUT2D eigenvalue weighted by Crippen LogP contribution is 2.34. The maximum atomic E-state index is 12.2. The maximum absolute atomic E-state index is 12.2. The van der Waals surface area contributed by atoms with Gasteiger partial charge in [-0.3, -0.25) is 0 Å². The van der Waals surface area contributed by atoms with Crippen molar-refractivity contribution in [1.82, 2.24) is 5.32 Å². The van der Waals surface area contributed by atoms with Crippen LogP contribution >= 0.6 is 0 Å². The number of nitrogens with one attached hydrogen (secondary N) is 1. The number of aryl methyl sites for hydroxylation is 3. The molecule has 0 spiro atoms. The molecule has 114 valence electrons. The minimum atomic E-state index is -0.908. The zero-order valence-electron chi connectivity index (χ0n) is 13.4. The molecule has 0 saturated carbocycles. The molecule has 4 nitrogen and oxygen atoms in total. The van der Waals surface area contributed by atoms with Gasteiger partial charge in [0.1, 0.15) is 0 Å². The second-order valence-corrected chi connectivity index (χ2v) is 5.92. The quantitative estimate of drug-likeness (QED) is 0.837. The van der Waals surface area contributed by atoms with Crippen LogP contribution in [-0.4, -0.2) is 24.2 Å². The number of rotatable bonds is 3. The molecule has 0 amide bonds. The van der Waals surface area contributed by atoms with Crippen LogP contribution in [-0.2, 0) is 9.53 Å². The number of benzene rings is 1. The number of hydrogen-bond acceptors (Lipinski definition) is 4. The second kappa shape index (κ2) is 5.53. The SMILES string of the molecule is CCOC(=O)C1(C)NC=C(c2c(C)cc(C)cc2C)C1N. The highest BCUT2D eigenvalue weighted by molar-refractivity contribution is 5.90. The van der Waals surface area contributed by atoms with Crippen LogP contribution in [0.25, 0.3) is 5.57 Å². The first kappa shape index (κ1) is 15.6. The molecule has 2 rings (SSSR count). The van der Waals surface area contributed by atoms with Crippen molar-refractivity contribution < 1.29 is 9.53 Å². The Labute approximate surface area is 126 Å². The third-order valence-corrected chi connectivity index (χ3v) is 4.15. The minimum Gasteiger partial charge on any atom is -0.464 e. The normalized spacial score (nSPS) is 24.5. The van der Waals surface area contributed by atoms with Crippen LogP contribution < -0.4 is 11.1 Å². The number of ether oxygens (including phenoxy) is 1. The lowest BCUT2D eigenvalue weighted by atomic mass is 9.84. The summed E-state index contributed by atoms with van der Waals surface area (Å²) in [4.78, 5) is 12.2. The van der Waals surface area contributed by atoms with Gasteiger partial charge in [0.05, 0.1) is 12.6 Å². The largest absolute Gasteiger partial charge is 0.464 e. The van der Waals surface area contributed by atoms with E-state index >= 15 is 0 Å². The number of carbonyl (C=O) groups is 1. The van der Waals surface area contributed by atoms with Gasteiger partial charge in [-0.25, -0.2) is 4.79 Å². The lowest BCUT2D eigenvalue weighted by Gasteiger charge is -2.29. The first-order valence-corrected chi connectivity index (χ1v) is 7.30. The van der Waals surface area contributed by atoms with Gasteiger partial charge in [-0.2, -0.15) is 0 Å². The number of carbonyl (C=O) groups excluding carboxylic acids is 1. The number of hydrogen-bond donors (Lipinski definition) is 2. The first-order valence-electron chi connectivity index (χ1n) is 7.30. The summed E-state index contributed by atoms with van der Waals surface area (Å²) in [5, 5.41) is 3.12. The Hall–Kier alpha value is -1.81. The standard InChI is InChI=1S/C17H24N2O2/c1-6-21-16(20)17(5)15(18)13(9-19-17)14-11(3)7-10(2)8-12(14)4/h7-9,15,19H,6,18H2,1-5H3. The zero-order valence-corrected chi connectivity index (χ0v) is 13.4. The maximum Gasteiger partial charge on any atom is 0.333 e. The third-order valence-electron chi connectivity index (χ3n) is 4.15. The summed E-state index contributed by atoms with van der Waals surface area (Å²) in [6.07, 6.45) is 1.85. The molecule has 0 aliphatic carbocycles. The Balaban J connectivity index is 2.39. The van der Waals surface area contributed by atoms with E-state index in [-0.39, 0.29) is 5.97 Å². The molecule has 1 aliphatic heterocycles. The van der Waals surface area contributed by atoms with Gasteiger partial charge in [0.2, 0.25) is 0 Å². The molecule has 0 aromatic heterocycles. The fourth-order valence-corrected chi connectivity index (χ4v) is 3.05. The van der Waals surface area contributed by atoms with Crippen LogP contribution in [0.15, 0.2) is 18.3 Å². The number of esters is 1. The summed E-state index contributed by atoms with van der Waals surface area (Å²) in [5.41, 5.74) is 11.1. The summed E-state index contributed by atoms with van der Waals surface area (Å²) in [6, 6.07) is 3.84. The smallest absolute Gasteiger partial charge is 0.333 e. The molecule has 3 N–H and O–H groups in total. The molecule has 0 bridgehead atoms. The second-order valence-electron chi connectivity index (χ2n) is 5.92. The fraction of sp³-hybridized carbons (Fsp3) is 0.471. The predicted octanol–water partition coefficient (Wildman–Crippen LogP) is 2.21. The van der Waals surface area contributed by atoms with E-state index in [0.29, 0.717) is 6.61 Å². The summed E-state index contributed by atoms with van der Waals surface area (Å²) in [7, 11) is 0. The van der Waals surface area contributed by atoms with Crippen LogP contribution in [0.4, 0.5) is 0 Å². The van der Waals surface area contributed by atoms with Crippen LogP contribution in [0.5, 0.6) is 0 Å². The van der Waals surface area contributed by atoms with Crippen molar-refractivity contribution in [3.8, 4) is 0 Å². The van der Waals surface area contributed by atoms with Gasteiger partial charge in [-0.1, -0.05) is 17.7 Å². The molecule has 2 atom stereocenters. The monoisotopic (exact) mass is 288 g/mol. The molecule has 1 aliphatic rings. The van der Waals surface area contributed by atoms with Crippen LogP contribution in [0.2, 0.25) is 0 Å². The lowest BCUT2D eigenvalue weighted by Crippen LogP contribution is -2.57. The van der Waals surface area contributed by atoms with E-state index in [9.17, 15) is 4.79 Å². The van der Waals surface area contributed by atoms with Crippen molar-refractivity contribution in [2.75, 3.05) is 6.61 Å². The summed E-state index contributed by atoms with van der Waals surface area (Å²) < 4.78 is 5.15. The van der Waals surface area contributed by atoms with Crippen molar-refractivity contribution in [2.45, 2.75) is 46.2 Å². The van der Waals surface area contributed by atoms with Gasteiger partial charge < -0.3 is 15.8 Å². The summed E-state index contributed by atoms with van der Waals surface area (Å²) in [6.45, 7) is 10.2. The molecule has 1 aromatic carbocycles. The molecule has 0 radical (unpaired) electrons. The fourth-order valence-electron chi connectivity index (χ4n) is 3.05. The van der Waals surface area contributed by atoms with Gasteiger partial charge in [-0.05, 0) is 56.9 Å². The Morgan fingerprint density at radius 2 is 1.90 bits per heavy atom. The molecule has 0 fully saturated rings. The average molecular weight is 288 g/mol. The minimum absolute atomic E-state index is 0.314. The van der Waals surface area contributed by atoms with Crippen molar-refractivity contribution in [2.24, 2.45) is 5.73 Å². The van der Waals surface area contributed by atoms with E-state index in [1.54, 1.807) is 13.8 Å². The molecule has 4 heteroatoms. The van der Waals surface area contributed by atoms with E-state index in [1.807, 2.05) is 6.20 Å². The van der Waals surface area contributed by atoms with E-state index < -0.39 is 11.6 Å². The molecule has 2 unspecified atom stereocenters. The molecular formula is C17H24N2O2. The average Bonchev–Trinajstić information content (AvgIpc) is 2.68. The van der Waals surface area contributed by atoms with Crippen molar-refractivity contribution in [1.29, 1.82) is 0 Å². The molecule has 0 saturated heterocycles. The van der Waals surface area contributed by atoms with E-state index in [4.69, 9.17) is 10.5 Å². The van der Waals surface area contributed by atoms with Gasteiger partial charge in [0, 0.05) is 6.20 Å². The van der Waals surface area contributed by atoms with Crippen molar-refractivity contribution >= 4 is 11.5 Å². The van der Waals surface area contributed by atoms with Gasteiger partial charge in [0.15, 0.2) is 5.54 Å². The van der Waals surface area contributed by atoms with Crippen molar-refractivity contribution in [3.05, 3.63) is 40.6 Å². The summed E-state index contributed by atoms with van der Waals surface area (Å²) in [5.74, 6) is -0.314. The summed E-state index contributed by atoms with van der Waals surface area (Å²) >= 11 is 0. The Morgan fingerprint density at radius 1 is 1.33 bits per heavy atom. The van der Waals surface area contributed by atoms with E-state index in [2.05, 4.69) is 38.2 Å². The van der Waals surface area contributed by atoms with E-state index in [0.717, 1.165) is 11.1 Å². The first-order chi connectivity index (χ1) is 9.81. The van der Waals surface area contributed by atoms with Crippen LogP contribution in [0.1, 0.15) is 36.1 Å². The third kappa shape index (κ3) is 2.56. The molecule has 1 heterocycles.